The highest BCUT2D eigenvalue weighted by Crippen LogP contribution is 1.99. The third-order valence-electron chi connectivity index (χ3n) is 5.86. The fraction of sp³-hybridized carbons (Fsp3) is 0.917. The van der Waals surface area contributed by atoms with Gasteiger partial charge in [0, 0.05) is 65.4 Å². The molecule has 1 rings (SSSR count). The third-order valence-corrected chi connectivity index (χ3v) is 5.86. The average molecular weight is 455 g/mol. The molecule has 0 aliphatic carbocycles. The fourth-order valence-corrected chi connectivity index (χ4v) is 3.80. The van der Waals surface area contributed by atoms with Crippen LogP contribution in [-0.2, 0) is 9.59 Å². The van der Waals surface area contributed by atoms with E-state index in [0.29, 0.717) is 13.1 Å². The summed E-state index contributed by atoms with van der Waals surface area (Å²) in [7, 11) is 0. The summed E-state index contributed by atoms with van der Waals surface area (Å²) in [4.78, 5) is 29.2. The summed E-state index contributed by atoms with van der Waals surface area (Å²) in [5.74, 6) is 0.207. The summed E-state index contributed by atoms with van der Waals surface area (Å²) < 4.78 is 0. The molecule has 0 unspecified atom stereocenters. The number of nitrogens with zero attached hydrogens (tertiary/aromatic N) is 2. The largest absolute Gasteiger partial charge is 0.355 e. The topological polar surface area (TPSA) is 88.7 Å². The van der Waals surface area contributed by atoms with E-state index in [1.165, 1.54) is 38.5 Å². The van der Waals surface area contributed by atoms with Gasteiger partial charge in [0.15, 0.2) is 0 Å². The van der Waals surface area contributed by atoms with E-state index in [2.05, 4.69) is 44.9 Å². The second-order valence-electron chi connectivity index (χ2n) is 8.87. The Morgan fingerprint density at radius 1 is 0.625 bits per heavy atom. The van der Waals surface area contributed by atoms with Crippen molar-refractivity contribution >= 4 is 11.8 Å². The molecule has 0 radical (unpaired) electrons. The van der Waals surface area contributed by atoms with E-state index in [-0.39, 0.29) is 11.8 Å². The molecular formula is C24H50N6O2. The highest BCUT2D eigenvalue weighted by molar-refractivity contribution is 5.78. The van der Waals surface area contributed by atoms with Crippen LogP contribution in [0.3, 0.4) is 0 Å². The van der Waals surface area contributed by atoms with E-state index in [1.807, 2.05) is 0 Å². The first-order valence-electron chi connectivity index (χ1n) is 13.0. The molecule has 0 atom stereocenters. The Morgan fingerprint density at radius 3 is 1.47 bits per heavy atom. The van der Waals surface area contributed by atoms with E-state index in [0.717, 1.165) is 78.3 Å². The second kappa shape index (κ2) is 20.4. The first-order valence-corrected chi connectivity index (χ1v) is 13.0. The molecule has 4 N–H and O–H groups in total. The molecule has 1 fully saturated rings. The molecule has 1 heterocycles. The van der Waals surface area contributed by atoms with Crippen LogP contribution < -0.4 is 21.3 Å². The SMILES string of the molecule is CCCCCCNC(=O)CN1CCNCCNCCN(CC(=O)NCCCCCC)CC1. The van der Waals surface area contributed by atoms with Crippen LogP contribution in [0, 0.1) is 0 Å². The van der Waals surface area contributed by atoms with Crippen LogP contribution in [-0.4, -0.2) is 100 Å². The van der Waals surface area contributed by atoms with Crippen LogP contribution in [0.15, 0.2) is 0 Å². The van der Waals surface area contributed by atoms with Gasteiger partial charge in [0.25, 0.3) is 0 Å². The summed E-state index contributed by atoms with van der Waals surface area (Å²) in [6, 6.07) is 0. The molecular weight excluding hydrogens is 404 g/mol. The summed E-state index contributed by atoms with van der Waals surface area (Å²) >= 11 is 0. The highest BCUT2D eigenvalue weighted by Gasteiger charge is 2.15. The van der Waals surface area contributed by atoms with Gasteiger partial charge < -0.3 is 21.3 Å². The van der Waals surface area contributed by atoms with E-state index in [9.17, 15) is 9.59 Å². The van der Waals surface area contributed by atoms with Crippen LogP contribution in [0.1, 0.15) is 65.2 Å². The van der Waals surface area contributed by atoms with E-state index in [1.54, 1.807) is 0 Å². The van der Waals surface area contributed by atoms with E-state index < -0.39 is 0 Å². The van der Waals surface area contributed by atoms with Gasteiger partial charge in [-0.15, -0.1) is 0 Å². The van der Waals surface area contributed by atoms with Gasteiger partial charge in [-0.1, -0.05) is 52.4 Å². The molecule has 0 aromatic heterocycles. The van der Waals surface area contributed by atoms with Gasteiger partial charge in [-0.25, -0.2) is 0 Å². The Balaban J connectivity index is 2.44. The average Bonchev–Trinajstić information content (AvgIpc) is 2.77. The van der Waals surface area contributed by atoms with Crippen LogP contribution in [0.2, 0.25) is 0 Å². The van der Waals surface area contributed by atoms with Crippen molar-refractivity contribution in [3.63, 3.8) is 0 Å². The minimum Gasteiger partial charge on any atom is -0.355 e. The lowest BCUT2D eigenvalue weighted by Crippen LogP contribution is -2.48. The van der Waals surface area contributed by atoms with Crippen molar-refractivity contribution in [3.8, 4) is 0 Å². The van der Waals surface area contributed by atoms with Crippen molar-refractivity contribution < 1.29 is 9.59 Å². The van der Waals surface area contributed by atoms with Crippen molar-refractivity contribution in [1.82, 2.24) is 31.1 Å². The van der Waals surface area contributed by atoms with Gasteiger partial charge >= 0.3 is 0 Å². The molecule has 188 valence electrons. The Kier molecular flexibility index (Phi) is 18.4. The van der Waals surface area contributed by atoms with Gasteiger partial charge in [0.05, 0.1) is 13.1 Å². The molecule has 0 aromatic carbocycles. The predicted octanol–water partition coefficient (Wildman–Crippen LogP) is 1.18. The fourth-order valence-electron chi connectivity index (χ4n) is 3.80. The molecule has 0 bridgehead atoms. The second-order valence-corrected chi connectivity index (χ2v) is 8.87. The lowest BCUT2D eigenvalue weighted by atomic mass is 10.2. The number of amides is 2. The van der Waals surface area contributed by atoms with Crippen LogP contribution in [0.5, 0.6) is 0 Å². The Hall–Kier alpha value is -1.22. The van der Waals surface area contributed by atoms with Crippen molar-refractivity contribution in [1.29, 1.82) is 0 Å². The molecule has 0 aromatic rings. The monoisotopic (exact) mass is 454 g/mol. The number of carbonyl (C=O) groups is 2. The maximum atomic E-state index is 12.4. The molecule has 32 heavy (non-hydrogen) atoms. The zero-order valence-electron chi connectivity index (χ0n) is 20.9. The van der Waals surface area contributed by atoms with E-state index >= 15 is 0 Å². The molecule has 2 amide bonds. The number of rotatable bonds is 14. The van der Waals surface area contributed by atoms with Crippen molar-refractivity contribution in [2.24, 2.45) is 0 Å². The third kappa shape index (κ3) is 16.4. The zero-order valence-corrected chi connectivity index (χ0v) is 20.9. The van der Waals surface area contributed by atoms with Crippen LogP contribution >= 0.6 is 0 Å². The molecule has 0 saturated carbocycles. The highest BCUT2D eigenvalue weighted by atomic mass is 16.2. The maximum absolute atomic E-state index is 12.4. The number of hydrogen-bond donors (Lipinski definition) is 4. The van der Waals surface area contributed by atoms with Crippen LogP contribution in [0.25, 0.3) is 0 Å². The molecule has 8 heteroatoms. The van der Waals surface area contributed by atoms with E-state index in [4.69, 9.17) is 0 Å². The summed E-state index contributed by atoms with van der Waals surface area (Å²) in [5.41, 5.74) is 0. The number of carbonyl (C=O) groups excluding carboxylic acids is 2. The van der Waals surface area contributed by atoms with Gasteiger partial charge in [0.2, 0.25) is 11.8 Å². The lowest BCUT2D eigenvalue weighted by Gasteiger charge is -2.28. The minimum absolute atomic E-state index is 0.103. The van der Waals surface area contributed by atoms with Crippen molar-refractivity contribution in [3.05, 3.63) is 0 Å². The van der Waals surface area contributed by atoms with Gasteiger partial charge in [0.1, 0.15) is 0 Å². The molecule has 1 aliphatic rings. The molecule has 1 aliphatic heterocycles. The van der Waals surface area contributed by atoms with Crippen LogP contribution in [0.4, 0.5) is 0 Å². The zero-order chi connectivity index (χ0) is 23.3. The number of hydrogen-bond acceptors (Lipinski definition) is 6. The summed E-state index contributed by atoms with van der Waals surface area (Å²) in [5, 5.41) is 13.0. The quantitative estimate of drug-likeness (QED) is 0.295. The lowest BCUT2D eigenvalue weighted by molar-refractivity contribution is -0.123. The Morgan fingerprint density at radius 2 is 1.06 bits per heavy atom. The molecule has 1 saturated heterocycles. The normalized spacial score (nSPS) is 17.3. The first kappa shape index (κ1) is 28.8. The predicted molar refractivity (Wildman–Crippen MR) is 133 cm³/mol. The van der Waals surface area contributed by atoms with Crippen molar-refractivity contribution in [2.45, 2.75) is 65.2 Å². The first-order chi connectivity index (χ1) is 15.7. The maximum Gasteiger partial charge on any atom is 0.234 e. The number of unbranched alkanes of at least 4 members (excludes halogenated alkanes) is 6. The van der Waals surface area contributed by atoms with Gasteiger partial charge in [-0.05, 0) is 12.8 Å². The van der Waals surface area contributed by atoms with Gasteiger partial charge in [-0.3, -0.25) is 19.4 Å². The summed E-state index contributed by atoms with van der Waals surface area (Å²) in [6.45, 7) is 13.6. The summed E-state index contributed by atoms with van der Waals surface area (Å²) in [6.07, 6.45) is 9.32. The standard InChI is InChI=1S/C24H50N6O2/c1-3-5-7-9-11-27-23(31)21-29-17-15-25-13-14-26-16-18-30(20-19-29)22-24(32)28-12-10-8-6-4-2/h25-26H,3-22H2,1-2H3,(H,27,31)(H,28,32). The van der Waals surface area contributed by atoms with Crippen molar-refractivity contribution in [2.75, 3.05) is 78.5 Å². The molecule has 0 spiro atoms. The Bertz CT molecular complexity index is 435. The minimum atomic E-state index is 0.103. The number of nitrogens with one attached hydrogen (secondary N) is 4. The smallest absolute Gasteiger partial charge is 0.234 e. The van der Waals surface area contributed by atoms with Gasteiger partial charge in [-0.2, -0.15) is 0 Å². The molecule has 8 nitrogen and oxygen atoms in total. The Labute approximate surface area is 196 Å².